The minimum atomic E-state index is -1.47. The maximum atomic E-state index is 10.9. The summed E-state index contributed by atoms with van der Waals surface area (Å²) in [7, 11) is 0. The third-order valence-electron chi connectivity index (χ3n) is 4.10. The molecular weight excluding hydrogens is 344 g/mol. The summed E-state index contributed by atoms with van der Waals surface area (Å²) >= 11 is 0. The van der Waals surface area contributed by atoms with Crippen LogP contribution in [0.3, 0.4) is 0 Å². The zero-order chi connectivity index (χ0) is 19.7. The predicted molar refractivity (Wildman–Crippen MR) is 93.1 cm³/mol. The molecule has 0 bridgehead atoms. The molecule has 1 rings (SSSR count). The topological polar surface area (TPSA) is 126 Å². The molecule has 1 heterocycles. The highest BCUT2D eigenvalue weighted by molar-refractivity contribution is 5.65. The molecule has 5 atom stereocenters. The second-order valence-electron chi connectivity index (χ2n) is 6.44. The Bertz CT molecular complexity index is 490. The molecule has 0 aromatic rings. The monoisotopic (exact) mass is 374 g/mol. The van der Waals surface area contributed by atoms with Crippen LogP contribution in [0.25, 0.3) is 0 Å². The second-order valence-corrected chi connectivity index (χ2v) is 6.44. The van der Waals surface area contributed by atoms with Gasteiger partial charge in [0.25, 0.3) is 0 Å². The normalized spacial score (nSPS) is 29.5. The Balaban J connectivity index is 2.42. The van der Waals surface area contributed by atoms with Crippen molar-refractivity contribution in [1.29, 1.82) is 0 Å². The lowest BCUT2D eigenvalue weighted by Gasteiger charge is -2.39. The molecule has 0 unspecified atom stereocenters. The number of allylic oxidation sites excluding steroid dienone is 1. The van der Waals surface area contributed by atoms with Gasteiger partial charge in [0.2, 0.25) is 0 Å². The van der Waals surface area contributed by atoms with E-state index in [9.17, 15) is 20.1 Å². The number of hydrogen-bond acceptors (Lipinski definition) is 8. The van der Waals surface area contributed by atoms with Crippen LogP contribution in [0.2, 0.25) is 0 Å². The second kappa shape index (κ2) is 11.4. The van der Waals surface area contributed by atoms with Gasteiger partial charge in [-0.2, -0.15) is 0 Å². The van der Waals surface area contributed by atoms with Crippen LogP contribution in [-0.2, 0) is 19.0 Å². The van der Waals surface area contributed by atoms with Gasteiger partial charge in [-0.1, -0.05) is 23.8 Å². The zero-order valence-electron chi connectivity index (χ0n) is 15.3. The van der Waals surface area contributed by atoms with Gasteiger partial charge < -0.3 is 34.6 Å². The van der Waals surface area contributed by atoms with Crippen molar-refractivity contribution in [2.75, 3.05) is 19.8 Å². The van der Waals surface area contributed by atoms with E-state index in [1.54, 1.807) is 0 Å². The van der Waals surface area contributed by atoms with Gasteiger partial charge in [0.05, 0.1) is 13.2 Å². The molecule has 1 aliphatic rings. The summed E-state index contributed by atoms with van der Waals surface area (Å²) in [4.78, 5) is 10.9. The van der Waals surface area contributed by atoms with Gasteiger partial charge in [0.15, 0.2) is 6.29 Å². The van der Waals surface area contributed by atoms with Crippen molar-refractivity contribution in [3.05, 3.63) is 23.8 Å². The van der Waals surface area contributed by atoms with E-state index >= 15 is 0 Å². The summed E-state index contributed by atoms with van der Waals surface area (Å²) in [5, 5.41) is 38.7. The largest absolute Gasteiger partial charge is 0.463 e. The summed E-state index contributed by atoms with van der Waals surface area (Å²) in [6.45, 7) is 7.02. The average molecular weight is 374 g/mol. The standard InChI is InChI=1S/C18H30O8/c1-11(5-4-6-12(2)9-19)7-8-24-18-17(23)16(22)15(21)14(26-18)10-25-13(3)20/h6,14-19,21-23H,1,4-5,7-10H2,2-3H3/b12-6-/t14-,15-,16+,17-,18-/m1/s1. The van der Waals surface area contributed by atoms with E-state index in [0.29, 0.717) is 6.42 Å². The molecule has 0 aromatic carbocycles. The lowest BCUT2D eigenvalue weighted by atomic mass is 9.99. The summed E-state index contributed by atoms with van der Waals surface area (Å²) in [5.41, 5.74) is 1.84. The first kappa shape index (κ1) is 22.8. The molecule has 0 radical (unpaired) electrons. The van der Waals surface area contributed by atoms with E-state index in [1.807, 2.05) is 13.0 Å². The van der Waals surface area contributed by atoms with E-state index in [1.165, 1.54) is 6.92 Å². The molecule has 150 valence electrons. The molecule has 0 aliphatic carbocycles. The Kier molecular flexibility index (Phi) is 10.0. The van der Waals surface area contributed by atoms with Crippen LogP contribution in [0, 0.1) is 0 Å². The first-order chi connectivity index (χ1) is 12.3. The fraction of sp³-hybridized carbons (Fsp3) is 0.722. The minimum Gasteiger partial charge on any atom is -0.463 e. The van der Waals surface area contributed by atoms with Crippen molar-refractivity contribution < 1.29 is 39.4 Å². The molecule has 0 aromatic heterocycles. The molecule has 8 heteroatoms. The highest BCUT2D eigenvalue weighted by Crippen LogP contribution is 2.23. The number of hydrogen-bond donors (Lipinski definition) is 4. The number of aliphatic hydroxyl groups is 4. The molecule has 0 amide bonds. The quantitative estimate of drug-likeness (QED) is 0.312. The molecule has 0 spiro atoms. The Labute approximate surface area is 153 Å². The highest BCUT2D eigenvalue weighted by atomic mass is 16.7. The van der Waals surface area contributed by atoms with Crippen LogP contribution >= 0.6 is 0 Å². The van der Waals surface area contributed by atoms with Crippen LogP contribution in [0.4, 0.5) is 0 Å². The van der Waals surface area contributed by atoms with Crippen molar-refractivity contribution in [3.8, 4) is 0 Å². The fourth-order valence-corrected chi connectivity index (χ4v) is 2.42. The van der Waals surface area contributed by atoms with Crippen molar-refractivity contribution in [2.24, 2.45) is 0 Å². The average Bonchev–Trinajstić information content (AvgIpc) is 2.60. The summed E-state index contributed by atoms with van der Waals surface area (Å²) < 4.78 is 15.7. The van der Waals surface area contributed by atoms with E-state index in [2.05, 4.69) is 6.58 Å². The molecule has 0 saturated carbocycles. The minimum absolute atomic E-state index is 0.0369. The molecule has 1 saturated heterocycles. The molecule has 1 aliphatic heterocycles. The number of esters is 1. The number of ether oxygens (including phenoxy) is 3. The van der Waals surface area contributed by atoms with Crippen LogP contribution in [0.15, 0.2) is 23.8 Å². The molecular formula is C18H30O8. The van der Waals surface area contributed by atoms with Gasteiger partial charge >= 0.3 is 5.97 Å². The highest BCUT2D eigenvalue weighted by Gasteiger charge is 2.44. The van der Waals surface area contributed by atoms with Crippen LogP contribution in [0.1, 0.15) is 33.1 Å². The van der Waals surface area contributed by atoms with E-state index in [4.69, 9.17) is 19.3 Å². The van der Waals surface area contributed by atoms with E-state index in [-0.39, 0.29) is 19.8 Å². The smallest absolute Gasteiger partial charge is 0.302 e. The Morgan fingerprint density at radius 1 is 1.15 bits per heavy atom. The lowest BCUT2D eigenvalue weighted by Crippen LogP contribution is -2.59. The molecule has 4 N–H and O–H groups in total. The van der Waals surface area contributed by atoms with E-state index in [0.717, 1.165) is 24.0 Å². The van der Waals surface area contributed by atoms with Crippen LogP contribution in [-0.4, -0.2) is 76.9 Å². The number of carbonyl (C=O) groups is 1. The first-order valence-electron chi connectivity index (χ1n) is 8.64. The molecule has 1 fully saturated rings. The van der Waals surface area contributed by atoms with Crippen molar-refractivity contribution in [1.82, 2.24) is 0 Å². The van der Waals surface area contributed by atoms with Gasteiger partial charge in [-0.05, 0) is 26.2 Å². The number of carbonyl (C=O) groups excluding carboxylic acids is 1. The summed E-state index contributed by atoms with van der Waals surface area (Å²) in [5.74, 6) is -0.541. The first-order valence-corrected chi connectivity index (χ1v) is 8.64. The lowest BCUT2D eigenvalue weighted by molar-refractivity contribution is -0.301. The van der Waals surface area contributed by atoms with Gasteiger partial charge in [-0.25, -0.2) is 0 Å². The maximum Gasteiger partial charge on any atom is 0.302 e. The van der Waals surface area contributed by atoms with E-state index < -0.39 is 36.7 Å². The van der Waals surface area contributed by atoms with Crippen LogP contribution in [0.5, 0.6) is 0 Å². The zero-order valence-corrected chi connectivity index (χ0v) is 15.3. The Hall–Kier alpha value is -1.29. The van der Waals surface area contributed by atoms with Crippen molar-refractivity contribution in [2.45, 2.75) is 63.8 Å². The van der Waals surface area contributed by atoms with Gasteiger partial charge in [-0.3, -0.25) is 4.79 Å². The molecule has 8 nitrogen and oxygen atoms in total. The van der Waals surface area contributed by atoms with Crippen molar-refractivity contribution >= 4 is 5.97 Å². The van der Waals surface area contributed by atoms with Gasteiger partial charge in [0.1, 0.15) is 31.0 Å². The number of rotatable bonds is 10. The predicted octanol–water partition coefficient (Wildman–Crippen LogP) is 0.0388. The third-order valence-corrected chi connectivity index (χ3v) is 4.10. The maximum absolute atomic E-state index is 10.9. The third kappa shape index (κ3) is 7.53. The fourth-order valence-electron chi connectivity index (χ4n) is 2.42. The van der Waals surface area contributed by atoms with Crippen molar-refractivity contribution in [3.63, 3.8) is 0 Å². The number of aliphatic hydroxyl groups excluding tert-OH is 4. The SMILES string of the molecule is C=C(CC/C=C(/C)CO)CCO[C@@H]1O[C@H](COC(C)=O)[C@@H](O)[C@H](O)[C@H]1O. The van der Waals surface area contributed by atoms with Gasteiger partial charge in [-0.15, -0.1) is 0 Å². The molecule has 26 heavy (non-hydrogen) atoms. The van der Waals surface area contributed by atoms with Gasteiger partial charge in [0, 0.05) is 6.92 Å². The summed E-state index contributed by atoms with van der Waals surface area (Å²) in [6, 6.07) is 0. The Morgan fingerprint density at radius 3 is 2.46 bits per heavy atom. The van der Waals surface area contributed by atoms with Crippen LogP contribution < -0.4 is 0 Å². The summed E-state index contributed by atoms with van der Waals surface area (Å²) in [6.07, 6.45) is -2.42. The Morgan fingerprint density at radius 2 is 1.85 bits per heavy atom.